The summed E-state index contributed by atoms with van der Waals surface area (Å²) in [6, 6.07) is 7.37. The number of aliphatic imine (C=N–C) groups is 1. The third-order valence-corrected chi connectivity index (χ3v) is 5.87. The van der Waals surface area contributed by atoms with Crippen molar-refractivity contribution in [3.05, 3.63) is 30.1 Å². The van der Waals surface area contributed by atoms with Crippen molar-refractivity contribution in [3.8, 4) is 17.1 Å². The average Bonchev–Trinajstić information content (AvgIpc) is 3.25. The van der Waals surface area contributed by atoms with Crippen LogP contribution in [-0.2, 0) is 16.4 Å². The van der Waals surface area contributed by atoms with E-state index >= 15 is 0 Å². The van der Waals surface area contributed by atoms with Gasteiger partial charge in [-0.2, -0.15) is 5.10 Å². The number of ether oxygens (including phenoxy) is 1. The molecule has 1 fully saturated rings. The molecule has 1 aliphatic heterocycles. The van der Waals surface area contributed by atoms with E-state index in [9.17, 15) is 8.42 Å². The van der Waals surface area contributed by atoms with E-state index in [1.54, 1.807) is 14.2 Å². The Morgan fingerprint density at radius 3 is 2.70 bits per heavy atom. The van der Waals surface area contributed by atoms with Gasteiger partial charge in [-0.05, 0) is 30.7 Å². The predicted octanol–water partition coefficient (Wildman–Crippen LogP) is 0.950. The monoisotopic (exact) mass is 506 g/mol. The molecule has 3 rings (SSSR count). The first kappa shape index (κ1) is 21.4. The number of hydrogen-bond acceptors (Lipinski definition) is 6. The van der Waals surface area contributed by atoms with Crippen LogP contribution in [0.3, 0.4) is 0 Å². The van der Waals surface area contributed by atoms with Crippen LogP contribution in [0.1, 0.15) is 12.2 Å². The van der Waals surface area contributed by atoms with Crippen LogP contribution >= 0.6 is 24.0 Å². The molecule has 0 saturated carbocycles. The summed E-state index contributed by atoms with van der Waals surface area (Å²) in [5, 5.41) is 13.3. The number of nitrogens with one attached hydrogen (secondary N) is 3. The van der Waals surface area contributed by atoms with Crippen molar-refractivity contribution >= 4 is 39.8 Å². The number of aromatic amines is 1. The molecule has 3 N–H and O–H groups in total. The number of nitrogens with zero attached hydrogens (tertiary/aromatic N) is 3. The Balaban J connectivity index is 0.00000261. The lowest BCUT2D eigenvalue weighted by atomic mass is 10.2. The van der Waals surface area contributed by atoms with E-state index in [1.807, 2.05) is 24.3 Å². The molecule has 27 heavy (non-hydrogen) atoms. The molecule has 0 spiro atoms. The van der Waals surface area contributed by atoms with Gasteiger partial charge in [-0.25, -0.2) is 13.4 Å². The van der Waals surface area contributed by atoms with Gasteiger partial charge in [0.2, 0.25) is 0 Å². The van der Waals surface area contributed by atoms with Crippen LogP contribution in [0.15, 0.2) is 29.3 Å². The molecule has 2 aromatic rings. The molecule has 11 heteroatoms. The van der Waals surface area contributed by atoms with Crippen LogP contribution in [0.4, 0.5) is 0 Å². The number of guanidine groups is 1. The van der Waals surface area contributed by atoms with Gasteiger partial charge < -0.3 is 15.4 Å². The molecule has 2 heterocycles. The van der Waals surface area contributed by atoms with Crippen molar-refractivity contribution < 1.29 is 13.2 Å². The maximum atomic E-state index is 11.5. The van der Waals surface area contributed by atoms with Crippen LogP contribution in [-0.4, -0.2) is 61.3 Å². The first-order valence-corrected chi connectivity index (χ1v) is 10.0. The summed E-state index contributed by atoms with van der Waals surface area (Å²) >= 11 is 0. The molecule has 1 saturated heterocycles. The van der Waals surface area contributed by atoms with Gasteiger partial charge in [-0.1, -0.05) is 0 Å². The number of halogens is 1. The van der Waals surface area contributed by atoms with Crippen molar-refractivity contribution in [2.75, 3.05) is 25.7 Å². The van der Waals surface area contributed by atoms with Crippen LogP contribution < -0.4 is 15.4 Å². The van der Waals surface area contributed by atoms with Gasteiger partial charge in [0, 0.05) is 18.7 Å². The topological polar surface area (TPSA) is 121 Å². The Morgan fingerprint density at radius 2 is 2.11 bits per heavy atom. The van der Waals surface area contributed by atoms with E-state index in [1.165, 1.54) is 0 Å². The first-order chi connectivity index (χ1) is 12.5. The molecule has 0 bridgehead atoms. The zero-order chi connectivity index (χ0) is 18.6. The van der Waals surface area contributed by atoms with E-state index in [2.05, 4.69) is 30.8 Å². The summed E-state index contributed by atoms with van der Waals surface area (Å²) in [5.74, 6) is 2.91. The number of H-pyrrole nitrogens is 1. The predicted molar refractivity (Wildman–Crippen MR) is 114 cm³/mol. The maximum absolute atomic E-state index is 11.5. The summed E-state index contributed by atoms with van der Waals surface area (Å²) in [7, 11) is 0.328. The molecular weight excluding hydrogens is 483 g/mol. The second-order valence-corrected chi connectivity index (χ2v) is 8.23. The van der Waals surface area contributed by atoms with Gasteiger partial charge in [-0.3, -0.25) is 10.1 Å². The van der Waals surface area contributed by atoms with Gasteiger partial charge in [0.25, 0.3) is 0 Å². The fourth-order valence-electron chi connectivity index (χ4n) is 2.71. The largest absolute Gasteiger partial charge is 0.497 e. The Bertz CT molecular complexity index is 882. The van der Waals surface area contributed by atoms with Crippen molar-refractivity contribution in [1.82, 2.24) is 25.8 Å². The average molecular weight is 506 g/mol. The third-order valence-electron chi connectivity index (χ3n) is 4.10. The maximum Gasteiger partial charge on any atom is 0.191 e. The molecule has 148 valence electrons. The van der Waals surface area contributed by atoms with Crippen molar-refractivity contribution in [1.29, 1.82) is 0 Å². The fourth-order valence-corrected chi connectivity index (χ4v) is 4.38. The molecule has 1 aromatic heterocycles. The second-order valence-electron chi connectivity index (χ2n) is 6.00. The standard InChI is InChI=1S/C16H22N6O3S.HI/c1-17-16(19-12-7-8-26(23,24)10-12)18-9-14-20-15(22-21-14)11-3-5-13(25-2)6-4-11;/h3-6,12H,7-10H2,1-2H3,(H2,17,18,19)(H,20,21,22);1H. The minimum atomic E-state index is -2.93. The summed E-state index contributed by atoms with van der Waals surface area (Å²) in [6.07, 6.45) is 0.590. The highest BCUT2D eigenvalue weighted by Gasteiger charge is 2.28. The summed E-state index contributed by atoms with van der Waals surface area (Å²) in [5.41, 5.74) is 0.881. The van der Waals surface area contributed by atoms with Crippen molar-refractivity contribution in [3.63, 3.8) is 0 Å². The highest BCUT2D eigenvalue weighted by atomic mass is 127. The zero-order valence-corrected chi connectivity index (χ0v) is 18.2. The van der Waals surface area contributed by atoms with E-state index in [-0.39, 0.29) is 41.5 Å². The molecule has 0 radical (unpaired) electrons. The normalized spacial score (nSPS) is 18.6. The lowest BCUT2D eigenvalue weighted by Gasteiger charge is -2.15. The van der Waals surface area contributed by atoms with Crippen molar-refractivity contribution in [2.45, 2.75) is 19.0 Å². The van der Waals surface area contributed by atoms with Crippen LogP contribution in [0, 0.1) is 0 Å². The van der Waals surface area contributed by atoms with Gasteiger partial charge in [0.15, 0.2) is 21.6 Å². The van der Waals surface area contributed by atoms with Gasteiger partial charge in [0.05, 0.1) is 25.2 Å². The molecule has 1 aliphatic rings. The number of benzene rings is 1. The molecule has 1 unspecified atom stereocenters. The Hall–Kier alpha value is -1.89. The van der Waals surface area contributed by atoms with E-state index < -0.39 is 9.84 Å². The SMILES string of the molecule is CN=C(NCc1nc(-c2ccc(OC)cc2)n[nH]1)NC1CCS(=O)(=O)C1.I. The van der Waals surface area contributed by atoms with Crippen LogP contribution in [0.25, 0.3) is 11.4 Å². The smallest absolute Gasteiger partial charge is 0.191 e. The quantitative estimate of drug-likeness (QED) is 0.314. The minimum absolute atomic E-state index is 0. The second kappa shape index (κ2) is 9.35. The van der Waals surface area contributed by atoms with Crippen LogP contribution in [0.5, 0.6) is 5.75 Å². The lowest BCUT2D eigenvalue weighted by Crippen LogP contribution is -2.43. The van der Waals surface area contributed by atoms with Crippen molar-refractivity contribution in [2.24, 2.45) is 4.99 Å². The molecular formula is C16H23IN6O3S. The number of rotatable bonds is 5. The Kier molecular flexibility index (Phi) is 7.41. The Morgan fingerprint density at radius 1 is 1.37 bits per heavy atom. The number of hydrogen-bond donors (Lipinski definition) is 3. The molecule has 0 aliphatic carbocycles. The molecule has 0 amide bonds. The molecule has 9 nitrogen and oxygen atoms in total. The number of aromatic nitrogens is 3. The highest BCUT2D eigenvalue weighted by Crippen LogP contribution is 2.18. The van der Waals surface area contributed by atoms with Crippen LogP contribution in [0.2, 0.25) is 0 Å². The summed E-state index contributed by atoms with van der Waals surface area (Å²) in [4.78, 5) is 8.57. The zero-order valence-electron chi connectivity index (χ0n) is 15.1. The van der Waals surface area contributed by atoms with Gasteiger partial charge in [0.1, 0.15) is 11.6 Å². The summed E-state index contributed by atoms with van der Waals surface area (Å²) in [6.45, 7) is 0.391. The fraction of sp³-hybridized carbons (Fsp3) is 0.438. The van der Waals surface area contributed by atoms with E-state index in [4.69, 9.17) is 4.74 Å². The number of sulfone groups is 1. The minimum Gasteiger partial charge on any atom is -0.497 e. The van der Waals surface area contributed by atoms with E-state index in [0.717, 1.165) is 11.3 Å². The van der Waals surface area contributed by atoms with Gasteiger partial charge >= 0.3 is 0 Å². The van der Waals surface area contributed by atoms with E-state index in [0.29, 0.717) is 30.6 Å². The molecule has 1 atom stereocenters. The summed E-state index contributed by atoms with van der Waals surface area (Å²) < 4.78 is 28.2. The third kappa shape index (κ3) is 5.79. The lowest BCUT2D eigenvalue weighted by molar-refractivity contribution is 0.415. The first-order valence-electron chi connectivity index (χ1n) is 8.22. The Labute approximate surface area is 175 Å². The molecule has 1 aromatic carbocycles. The number of methoxy groups -OCH3 is 1. The van der Waals surface area contributed by atoms with Gasteiger partial charge in [-0.15, -0.1) is 24.0 Å². The highest BCUT2D eigenvalue weighted by molar-refractivity contribution is 14.0.